The molecule has 1 aromatic rings. The number of sulfonamides is 1. The maximum absolute atomic E-state index is 12.4. The molecule has 23 heavy (non-hydrogen) atoms. The highest BCUT2D eigenvalue weighted by atomic mass is 32.2. The quantitative estimate of drug-likeness (QED) is 0.854. The molecular formula is C15H20N2O5S. The molecule has 1 unspecified atom stereocenters. The van der Waals surface area contributed by atoms with Crippen molar-refractivity contribution >= 4 is 21.9 Å². The topological polar surface area (TPSA) is 95.0 Å². The second kappa shape index (κ2) is 6.29. The normalized spacial score (nSPS) is 21.6. The second-order valence-corrected chi connectivity index (χ2v) is 7.85. The summed E-state index contributed by atoms with van der Waals surface area (Å²) in [5.74, 6) is -1.58. The number of hydrogen-bond donors (Lipinski definition) is 1. The largest absolute Gasteiger partial charge is 0.480 e. The third kappa shape index (κ3) is 3.23. The number of benzene rings is 1. The van der Waals surface area contributed by atoms with Gasteiger partial charge in [0.25, 0.3) is 0 Å². The van der Waals surface area contributed by atoms with Crippen LogP contribution < -0.4 is 0 Å². The van der Waals surface area contributed by atoms with E-state index in [2.05, 4.69) is 0 Å². The Morgan fingerprint density at radius 2 is 1.91 bits per heavy atom. The van der Waals surface area contributed by atoms with Crippen molar-refractivity contribution in [3.8, 4) is 0 Å². The van der Waals surface area contributed by atoms with Gasteiger partial charge in [-0.05, 0) is 31.9 Å². The lowest BCUT2D eigenvalue weighted by atomic mass is 9.99. The van der Waals surface area contributed by atoms with E-state index in [0.29, 0.717) is 19.4 Å². The van der Waals surface area contributed by atoms with E-state index in [1.807, 2.05) is 0 Å². The molecule has 1 aliphatic rings. The third-order valence-corrected chi connectivity index (χ3v) is 6.03. The highest BCUT2D eigenvalue weighted by molar-refractivity contribution is 7.89. The summed E-state index contributed by atoms with van der Waals surface area (Å²) in [4.78, 5) is 25.2. The number of carbonyl (C=O) groups excluding carboxylic acids is 1. The summed E-state index contributed by atoms with van der Waals surface area (Å²) in [5.41, 5.74) is -1.27. The van der Waals surface area contributed by atoms with Crippen molar-refractivity contribution in [1.82, 2.24) is 9.21 Å². The first-order valence-corrected chi connectivity index (χ1v) is 8.69. The average molecular weight is 340 g/mol. The molecule has 0 spiro atoms. The molecule has 126 valence electrons. The Balaban J connectivity index is 2.16. The van der Waals surface area contributed by atoms with E-state index in [4.69, 9.17) is 0 Å². The number of rotatable bonds is 5. The fourth-order valence-electron chi connectivity index (χ4n) is 2.72. The smallest absolute Gasteiger partial charge is 0.329 e. The molecule has 0 saturated carbocycles. The Morgan fingerprint density at radius 3 is 2.48 bits per heavy atom. The van der Waals surface area contributed by atoms with Crippen LogP contribution in [0, 0.1) is 0 Å². The molecule has 0 aliphatic carbocycles. The molecule has 1 atom stereocenters. The van der Waals surface area contributed by atoms with Gasteiger partial charge in [-0.25, -0.2) is 13.2 Å². The molecule has 1 saturated heterocycles. The van der Waals surface area contributed by atoms with Crippen LogP contribution in [0.3, 0.4) is 0 Å². The zero-order valence-electron chi connectivity index (χ0n) is 13.1. The first-order valence-electron chi connectivity index (χ1n) is 7.25. The first kappa shape index (κ1) is 17.4. The van der Waals surface area contributed by atoms with E-state index in [-0.39, 0.29) is 11.4 Å². The van der Waals surface area contributed by atoms with Gasteiger partial charge in [0.15, 0.2) is 0 Å². The number of nitrogens with zero attached hydrogens (tertiary/aromatic N) is 2. The Labute approximate surface area is 135 Å². The molecule has 1 aliphatic heterocycles. The third-order valence-electron chi connectivity index (χ3n) is 4.21. The van der Waals surface area contributed by atoms with Crippen LogP contribution in [0.25, 0.3) is 0 Å². The number of amides is 1. The van der Waals surface area contributed by atoms with Gasteiger partial charge in [0.05, 0.1) is 11.4 Å². The Kier molecular flexibility index (Phi) is 4.76. The predicted octanol–water partition coefficient (Wildman–Crippen LogP) is 0.773. The van der Waals surface area contributed by atoms with Crippen LogP contribution in [0.5, 0.6) is 0 Å². The second-order valence-electron chi connectivity index (χ2n) is 5.80. The van der Waals surface area contributed by atoms with E-state index >= 15 is 0 Å². The molecule has 7 nitrogen and oxygen atoms in total. The van der Waals surface area contributed by atoms with Crippen LogP contribution in [-0.4, -0.2) is 60.3 Å². The maximum atomic E-state index is 12.4. The van der Waals surface area contributed by atoms with Crippen molar-refractivity contribution in [3.05, 3.63) is 30.3 Å². The SMILES string of the molecule is CN(CC(=O)N1CCCC1(C)C(=O)O)S(=O)(=O)c1ccccc1. The summed E-state index contributed by atoms with van der Waals surface area (Å²) in [7, 11) is -2.47. The summed E-state index contributed by atoms with van der Waals surface area (Å²) >= 11 is 0. The number of carboxylic acid groups (broad SMARTS) is 1. The van der Waals surface area contributed by atoms with Crippen molar-refractivity contribution < 1.29 is 23.1 Å². The zero-order chi connectivity index (χ0) is 17.3. The van der Waals surface area contributed by atoms with Gasteiger partial charge in [0, 0.05) is 13.6 Å². The monoisotopic (exact) mass is 340 g/mol. The summed E-state index contributed by atoms with van der Waals surface area (Å²) in [6, 6.07) is 7.81. The molecule has 1 N–H and O–H groups in total. The van der Waals surface area contributed by atoms with Crippen LogP contribution >= 0.6 is 0 Å². The number of likely N-dealkylation sites (N-methyl/N-ethyl adjacent to an activating group) is 1. The van der Waals surface area contributed by atoms with Gasteiger partial charge < -0.3 is 10.0 Å². The van der Waals surface area contributed by atoms with Gasteiger partial charge in [-0.15, -0.1) is 0 Å². The Bertz CT molecular complexity index is 704. The molecule has 0 aromatic heterocycles. The maximum Gasteiger partial charge on any atom is 0.329 e. The van der Waals surface area contributed by atoms with Gasteiger partial charge in [-0.2, -0.15) is 4.31 Å². The fraction of sp³-hybridized carbons (Fsp3) is 0.467. The molecule has 2 rings (SSSR count). The standard InChI is InChI=1S/C15H20N2O5S/c1-15(14(19)20)9-6-10-17(15)13(18)11-16(2)23(21,22)12-7-4-3-5-8-12/h3-5,7-8H,6,9-11H2,1-2H3,(H,19,20). The summed E-state index contributed by atoms with van der Waals surface area (Å²) in [6.07, 6.45) is 0.951. The summed E-state index contributed by atoms with van der Waals surface area (Å²) in [5, 5.41) is 9.34. The van der Waals surface area contributed by atoms with Crippen molar-refractivity contribution in [2.75, 3.05) is 20.1 Å². The highest BCUT2D eigenvalue weighted by Gasteiger charge is 2.46. The minimum Gasteiger partial charge on any atom is -0.480 e. The van der Waals surface area contributed by atoms with E-state index in [9.17, 15) is 23.1 Å². The average Bonchev–Trinajstić information content (AvgIpc) is 2.91. The van der Waals surface area contributed by atoms with Gasteiger partial charge in [-0.3, -0.25) is 4.79 Å². The lowest BCUT2D eigenvalue weighted by Gasteiger charge is -2.32. The van der Waals surface area contributed by atoms with Gasteiger partial charge >= 0.3 is 5.97 Å². The molecule has 1 fully saturated rings. The number of carboxylic acids is 1. The van der Waals surface area contributed by atoms with Gasteiger partial charge in [-0.1, -0.05) is 18.2 Å². The van der Waals surface area contributed by atoms with E-state index in [0.717, 1.165) is 4.31 Å². The lowest BCUT2D eigenvalue weighted by molar-refractivity contribution is -0.155. The number of hydrogen-bond acceptors (Lipinski definition) is 4. The Morgan fingerprint density at radius 1 is 1.30 bits per heavy atom. The Hall–Kier alpha value is -1.93. The summed E-state index contributed by atoms with van der Waals surface area (Å²) < 4.78 is 25.8. The molecule has 0 radical (unpaired) electrons. The minimum absolute atomic E-state index is 0.0951. The van der Waals surface area contributed by atoms with Gasteiger partial charge in [0.2, 0.25) is 15.9 Å². The van der Waals surface area contributed by atoms with E-state index in [1.165, 1.54) is 31.0 Å². The molecule has 1 aromatic carbocycles. The van der Waals surface area contributed by atoms with Crippen LogP contribution in [0.1, 0.15) is 19.8 Å². The first-order chi connectivity index (χ1) is 10.7. The number of carbonyl (C=O) groups is 2. The van der Waals surface area contributed by atoms with Crippen LogP contribution in [0.4, 0.5) is 0 Å². The molecule has 0 bridgehead atoms. The molecule has 1 heterocycles. The van der Waals surface area contributed by atoms with Crippen LogP contribution in [-0.2, 0) is 19.6 Å². The minimum atomic E-state index is -3.78. The fourth-order valence-corrected chi connectivity index (χ4v) is 3.86. The van der Waals surface area contributed by atoms with E-state index in [1.54, 1.807) is 18.2 Å². The van der Waals surface area contributed by atoms with Crippen molar-refractivity contribution in [1.29, 1.82) is 0 Å². The number of likely N-dealkylation sites (tertiary alicyclic amines) is 1. The number of aliphatic carboxylic acids is 1. The highest BCUT2D eigenvalue weighted by Crippen LogP contribution is 2.29. The van der Waals surface area contributed by atoms with E-state index < -0.39 is 27.4 Å². The predicted molar refractivity (Wildman–Crippen MR) is 83.2 cm³/mol. The zero-order valence-corrected chi connectivity index (χ0v) is 13.9. The molecule has 8 heteroatoms. The van der Waals surface area contributed by atoms with Gasteiger partial charge in [0.1, 0.15) is 5.54 Å². The van der Waals surface area contributed by atoms with Crippen molar-refractivity contribution in [2.45, 2.75) is 30.2 Å². The molecular weight excluding hydrogens is 320 g/mol. The molecule has 1 amide bonds. The van der Waals surface area contributed by atoms with Crippen molar-refractivity contribution in [3.63, 3.8) is 0 Å². The summed E-state index contributed by atoms with van der Waals surface area (Å²) in [6.45, 7) is 1.42. The lowest BCUT2D eigenvalue weighted by Crippen LogP contribution is -2.53. The van der Waals surface area contributed by atoms with Crippen molar-refractivity contribution in [2.24, 2.45) is 0 Å². The van der Waals surface area contributed by atoms with Crippen LogP contribution in [0.15, 0.2) is 35.2 Å². The van der Waals surface area contributed by atoms with Crippen LogP contribution in [0.2, 0.25) is 0 Å².